The third-order valence-corrected chi connectivity index (χ3v) is 3.27. The number of hydrogen-bond donors (Lipinski definition) is 1. The average Bonchev–Trinajstić information content (AvgIpc) is 2.58. The van der Waals surface area contributed by atoms with Crippen molar-refractivity contribution in [1.82, 2.24) is 9.55 Å². The number of aliphatic carboxylic acids is 1. The standard InChI is InChI=1S/C13H13ClN2O2/c1-8-5-3-4-6-9(8)13-15-10(7-11(17)18)12(14)16(13)2/h3-6H,7H2,1-2H3,(H,17,18). The van der Waals surface area contributed by atoms with Crippen molar-refractivity contribution in [2.75, 3.05) is 0 Å². The van der Waals surface area contributed by atoms with Gasteiger partial charge < -0.3 is 9.67 Å². The molecular formula is C13H13ClN2O2. The monoisotopic (exact) mass is 264 g/mol. The lowest BCUT2D eigenvalue weighted by Gasteiger charge is -2.05. The molecule has 94 valence electrons. The summed E-state index contributed by atoms with van der Waals surface area (Å²) in [5.41, 5.74) is 2.42. The maximum atomic E-state index is 10.7. The van der Waals surface area contributed by atoms with Gasteiger partial charge in [-0.05, 0) is 12.5 Å². The molecule has 1 aromatic heterocycles. The summed E-state index contributed by atoms with van der Waals surface area (Å²) in [6.45, 7) is 1.98. The van der Waals surface area contributed by atoms with Crippen LogP contribution in [0, 0.1) is 6.92 Å². The van der Waals surface area contributed by atoms with Crippen LogP contribution in [0.25, 0.3) is 11.4 Å². The van der Waals surface area contributed by atoms with Crippen LogP contribution in [0.4, 0.5) is 0 Å². The molecule has 1 heterocycles. The minimum absolute atomic E-state index is 0.168. The number of imidazole rings is 1. The highest BCUT2D eigenvalue weighted by Gasteiger charge is 2.17. The molecule has 0 saturated carbocycles. The molecule has 0 bridgehead atoms. The molecule has 5 heteroatoms. The quantitative estimate of drug-likeness (QED) is 0.927. The summed E-state index contributed by atoms with van der Waals surface area (Å²) >= 11 is 6.10. The Bertz CT molecular complexity index is 605. The molecule has 2 rings (SSSR count). The molecule has 0 atom stereocenters. The van der Waals surface area contributed by atoms with Gasteiger partial charge in [-0.2, -0.15) is 0 Å². The molecule has 0 amide bonds. The molecule has 0 aliphatic rings. The number of rotatable bonds is 3. The predicted molar refractivity (Wildman–Crippen MR) is 69.7 cm³/mol. The minimum atomic E-state index is -0.939. The largest absolute Gasteiger partial charge is 0.481 e. The Morgan fingerprint density at radius 3 is 2.72 bits per heavy atom. The van der Waals surface area contributed by atoms with Crippen molar-refractivity contribution < 1.29 is 9.90 Å². The highest BCUT2D eigenvalue weighted by atomic mass is 35.5. The summed E-state index contributed by atoms with van der Waals surface area (Å²) in [6, 6.07) is 7.79. The van der Waals surface area contributed by atoms with Crippen LogP contribution in [0.5, 0.6) is 0 Å². The number of aromatic nitrogens is 2. The summed E-state index contributed by atoms with van der Waals surface area (Å²) in [7, 11) is 1.78. The molecule has 1 aromatic carbocycles. The number of benzene rings is 1. The van der Waals surface area contributed by atoms with E-state index in [2.05, 4.69) is 4.98 Å². The van der Waals surface area contributed by atoms with Gasteiger partial charge in [0, 0.05) is 12.6 Å². The number of carboxylic acids is 1. The molecule has 0 saturated heterocycles. The summed E-state index contributed by atoms with van der Waals surface area (Å²) in [5, 5.41) is 9.18. The summed E-state index contributed by atoms with van der Waals surface area (Å²) < 4.78 is 1.71. The topological polar surface area (TPSA) is 55.1 Å². The van der Waals surface area contributed by atoms with Gasteiger partial charge in [-0.1, -0.05) is 35.9 Å². The van der Waals surface area contributed by atoms with E-state index in [9.17, 15) is 4.79 Å². The van der Waals surface area contributed by atoms with Crippen LogP contribution in [0.1, 0.15) is 11.3 Å². The second-order valence-corrected chi connectivity index (χ2v) is 4.48. The molecule has 18 heavy (non-hydrogen) atoms. The number of carbonyl (C=O) groups is 1. The second-order valence-electron chi connectivity index (χ2n) is 4.12. The Kier molecular flexibility index (Phi) is 3.39. The SMILES string of the molecule is Cc1ccccc1-c1nc(CC(=O)O)c(Cl)n1C. The highest BCUT2D eigenvalue weighted by Crippen LogP contribution is 2.27. The van der Waals surface area contributed by atoms with Gasteiger partial charge in [0.15, 0.2) is 0 Å². The van der Waals surface area contributed by atoms with Gasteiger partial charge in [-0.25, -0.2) is 4.98 Å². The smallest absolute Gasteiger partial charge is 0.309 e. The number of halogens is 1. The number of aryl methyl sites for hydroxylation is 1. The third-order valence-electron chi connectivity index (χ3n) is 2.80. The van der Waals surface area contributed by atoms with Crippen molar-refractivity contribution >= 4 is 17.6 Å². The molecule has 0 aliphatic heterocycles. The summed E-state index contributed by atoms with van der Waals surface area (Å²) in [4.78, 5) is 15.1. The first-order valence-corrected chi connectivity index (χ1v) is 5.87. The fourth-order valence-corrected chi connectivity index (χ4v) is 2.05. The minimum Gasteiger partial charge on any atom is -0.481 e. The van der Waals surface area contributed by atoms with Crippen molar-refractivity contribution in [3.63, 3.8) is 0 Å². The fourth-order valence-electron chi connectivity index (χ4n) is 1.86. The molecule has 2 aromatic rings. The van der Waals surface area contributed by atoms with Gasteiger partial charge in [-0.15, -0.1) is 0 Å². The lowest BCUT2D eigenvalue weighted by Crippen LogP contribution is -2.01. The molecule has 1 N–H and O–H groups in total. The Balaban J connectivity index is 2.53. The van der Waals surface area contributed by atoms with Gasteiger partial charge >= 0.3 is 5.97 Å². The van der Waals surface area contributed by atoms with Crippen molar-refractivity contribution in [3.05, 3.63) is 40.7 Å². The number of hydrogen-bond acceptors (Lipinski definition) is 2. The van der Waals surface area contributed by atoms with E-state index in [1.54, 1.807) is 11.6 Å². The lowest BCUT2D eigenvalue weighted by atomic mass is 10.1. The third kappa shape index (κ3) is 2.24. The Hall–Kier alpha value is -1.81. The van der Waals surface area contributed by atoms with Crippen LogP contribution in [0.2, 0.25) is 5.15 Å². The van der Waals surface area contributed by atoms with Crippen LogP contribution >= 0.6 is 11.6 Å². The predicted octanol–water partition coefficient (Wildman–Crippen LogP) is 2.68. The second kappa shape index (κ2) is 4.82. The zero-order chi connectivity index (χ0) is 13.3. The summed E-state index contributed by atoms with van der Waals surface area (Å²) in [5.74, 6) is -0.249. The molecule has 0 unspecified atom stereocenters. The first-order chi connectivity index (χ1) is 8.50. The lowest BCUT2D eigenvalue weighted by molar-refractivity contribution is -0.136. The molecule has 0 fully saturated rings. The van der Waals surface area contributed by atoms with E-state index < -0.39 is 5.97 Å². The van der Waals surface area contributed by atoms with Gasteiger partial charge in [0.1, 0.15) is 11.0 Å². The number of nitrogens with zero attached hydrogens (tertiary/aromatic N) is 2. The van der Waals surface area contributed by atoms with E-state index in [0.29, 0.717) is 16.7 Å². The van der Waals surface area contributed by atoms with Crippen LogP contribution in [0.15, 0.2) is 24.3 Å². The van der Waals surface area contributed by atoms with Crippen LogP contribution in [-0.4, -0.2) is 20.6 Å². The van der Waals surface area contributed by atoms with Crippen molar-refractivity contribution in [2.24, 2.45) is 7.05 Å². The fraction of sp³-hybridized carbons (Fsp3) is 0.231. The molecule has 4 nitrogen and oxygen atoms in total. The van der Waals surface area contributed by atoms with Gasteiger partial charge in [0.05, 0.1) is 12.1 Å². The Morgan fingerprint density at radius 2 is 2.11 bits per heavy atom. The van der Waals surface area contributed by atoms with Crippen LogP contribution in [-0.2, 0) is 18.3 Å². The highest BCUT2D eigenvalue weighted by molar-refractivity contribution is 6.30. The average molecular weight is 265 g/mol. The zero-order valence-electron chi connectivity index (χ0n) is 10.1. The van der Waals surface area contributed by atoms with E-state index >= 15 is 0 Å². The van der Waals surface area contributed by atoms with Crippen molar-refractivity contribution in [2.45, 2.75) is 13.3 Å². The van der Waals surface area contributed by atoms with E-state index in [4.69, 9.17) is 16.7 Å². The van der Waals surface area contributed by atoms with Gasteiger partial charge in [-0.3, -0.25) is 4.79 Å². The van der Waals surface area contributed by atoms with E-state index in [0.717, 1.165) is 11.1 Å². The van der Waals surface area contributed by atoms with E-state index in [-0.39, 0.29) is 6.42 Å². The zero-order valence-corrected chi connectivity index (χ0v) is 10.9. The van der Waals surface area contributed by atoms with Crippen LogP contribution < -0.4 is 0 Å². The maximum Gasteiger partial charge on any atom is 0.309 e. The molecule has 0 spiro atoms. The van der Waals surface area contributed by atoms with E-state index in [1.807, 2.05) is 31.2 Å². The molecular weight excluding hydrogens is 252 g/mol. The normalized spacial score (nSPS) is 10.6. The Morgan fingerprint density at radius 1 is 1.44 bits per heavy atom. The molecule has 0 radical (unpaired) electrons. The summed E-state index contributed by atoms with van der Waals surface area (Å²) in [6.07, 6.45) is -0.168. The Labute approximate surface area is 110 Å². The van der Waals surface area contributed by atoms with Gasteiger partial charge in [0.25, 0.3) is 0 Å². The van der Waals surface area contributed by atoms with Gasteiger partial charge in [0.2, 0.25) is 0 Å². The van der Waals surface area contributed by atoms with Crippen LogP contribution in [0.3, 0.4) is 0 Å². The van der Waals surface area contributed by atoms with Crippen molar-refractivity contribution in [1.29, 1.82) is 0 Å². The number of carboxylic acid groups (broad SMARTS) is 1. The van der Waals surface area contributed by atoms with Crippen molar-refractivity contribution in [3.8, 4) is 11.4 Å². The maximum absolute atomic E-state index is 10.7. The first kappa shape index (κ1) is 12.6. The molecule has 0 aliphatic carbocycles. The first-order valence-electron chi connectivity index (χ1n) is 5.49. The van der Waals surface area contributed by atoms with E-state index in [1.165, 1.54) is 0 Å².